The topological polar surface area (TPSA) is 114 Å². The minimum absolute atomic E-state index is 0.0114. The molecule has 1 aromatic carbocycles. The van der Waals surface area contributed by atoms with Crippen molar-refractivity contribution in [3.05, 3.63) is 35.9 Å². The van der Waals surface area contributed by atoms with Crippen LogP contribution in [0.4, 0.5) is 17.2 Å². The van der Waals surface area contributed by atoms with E-state index in [0.29, 0.717) is 43.4 Å². The van der Waals surface area contributed by atoms with Gasteiger partial charge in [-0.1, -0.05) is 25.3 Å². The number of anilines is 3. The third kappa shape index (κ3) is 5.02. The SMILES string of the molecule is CC(C)Oc1ccc(NC(C(=O)Nc2ccc3c(c2)NC(=O)C32CCOCC2)C2CCCCC2)nn1. The van der Waals surface area contributed by atoms with Gasteiger partial charge in [0.05, 0.1) is 11.5 Å². The summed E-state index contributed by atoms with van der Waals surface area (Å²) in [5.74, 6) is 1.11. The molecule has 3 aliphatic rings. The van der Waals surface area contributed by atoms with Crippen LogP contribution < -0.4 is 20.7 Å². The highest BCUT2D eigenvalue weighted by atomic mass is 16.5. The molecule has 3 N–H and O–H groups in total. The normalized spacial score (nSPS) is 20.0. The average Bonchev–Trinajstić information content (AvgIpc) is 3.14. The summed E-state index contributed by atoms with van der Waals surface area (Å²) in [5, 5.41) is 17.8. The van der Waals surface area contributed by atoms with Crippen molar-refractivity contribution < 1.29 is 19.1 Å². The second kappa shape index (κ2) is 10.4. The van der Waals surface area contributed by atoms with Gasteiger partial charge in [0.2, 0.25) is 17.7 Å². The molecule has 1 aliphatic carbocycles. The van der Waals surface area contributed by atoms with Crippen LogP contribution in [0.1, 0.15) is 64.4 Å². The monoisotopic (exact) mass is 493 g/mol. The van der Waals surface area contributed by atoms with Gasteiger partial charge in [0, 0.05) is 30.7 Å². The number of hydrogen-bond acceptors (Lipinski definition) is 7. The lowest BCUT2D eigenvalue weighted by Gasteiger charge is -2.31. The van der Waals surface area contributed by atoms with Gasteiger partial charge in [0.15, 0.2) is 0 Å². The molecule has 1 aromatic heterocycles. The van der Waals surface area contributed by atoms with Crippen molar-refractivity contribution in [2.24, 2.45) is 5.92 Å². The highest BCUT2D eigenvalue weighted by Gasteiger charge is 2.47. The third-order valence-corrected chi connectivity index (χ3v) is 7.54. The Hall–Kier alpha value is -3.20. The van der Waals surface area contributed by atoms with Crippen molar-refractivity contribution in [1.82, 2.24) is 10.2 Å². The van der Waals surface area contributed by atoms with Crippen molar-refractivity contribution in [3.63, 3.8) is 0 Å². The third-order valence-electron chi connectivity index (χ3n) is 7.54. The van der Waals surface area contributed by atoms with E-state index in [0.717, 1.165) is 36.9 Å². The fourth-order valence-electron chi connectivity index (χ4n) is 5.67. The molecule has 2 aliphatic heterocycles. The molecule has 36 heavy (non-hydrogen) atoms. The van der Waals surface area contributed by atoms with Crippen LogP contribution in [0.25, 0.3) is 0 Å². The van der Waals surface area contributed by atoms with Crippen LogP contribution in [0.15, 0.2) is 30.3 Å². The number of benzene rings is 1. The summed E-state index contributed by atoms with van der Waals surface area (Å²) in [7, 11) is 0. The zero-order valence-electron chi connectivity index (χ0n) is 21.0. The number of rotatable bonds is 7. The number of aromatic nitrogens is 2. The Morgan fingerprint density at radius 3 is 2.58 bits per heavy atom. The lowest BCUT2D eigenvalue weighted by molar-refractivity contribution is -0.124. The number of carbonyl (C=O) groups excluding carboxylic acids is 2. The number of nitrogens with zero attached hydrogens (tertiary/aromatic N) is 2. The summed E-state index contributed by atoms with van der Waals surface area (Å²) in [6.45, 7) is 5.03. The largest absolute Gasteiger partial charge is 0.474 e. The first-order valence-electron chi connectivity index (χ1n) is 13.1. The minimum Gasteiger partial charge on any atom is -0.474 e. The van der Waals surface area contributed by atoms with Gasteiger partial charge in [-0.25, -0.2) is 0 Å². The van der Waals surface area contributed by atoms with E-state index in [-0.39, 0.29) is 23.8 Å². The minimum atomic E-state index is -0.521. The van der Waals surface area contributed by atoms with Gasteiger partial charge in [0.25, 0.3) is 0 Å². The molecule has 1 saturated carbocycles. The van der Waals surface area contributed by atoms with E-state index in [2.05, 4.69) is 26.1 Å². The molecular formula is C27H35N5O4. The van der Waals surface area contributed by atoms with Crippen LogP contribution in [0.5, 0.6) is 5.88 Å². The Morgan fingerprint density at radius 1 is 1.11 bits per heavy atom. The molecule has 2 aromatic rings. The summed E-state index contributed by atoms with van der Waals surface area (Å²) in [6, 6.07) is 8.85. The molecule has 9 nitrogen and oxygen atoms in total. The van der Waals surface area contributed by atoms with Gasteiger partial charge in [0.1, 0.15) is 11.9 Å². The standard InChI is InChI=1S/C27H35N5O4/c1-17(2)36-23-11-10-22(31-32-23)30-24(18-6-4-3-5-7-18)25(33)28-19-8-9-20-21(16-19)29-26(34)27(20)12-14-35-15-13-27/h8-11,16-18,24H,3-7,12-15H2,1-2H3,(H,28,33)(H,29,34)(H,30,31). The zero-order chi connectivity index (χ0) is 25.1. The van der Waals surface area contributed by atoms with Crippen LogP contribution in [0.2, 0.25) is 0 Å². The molecule has 2 fully saturated rings. The summed E-state index contributed by atoms with van der Waals surface area (Å²) in [4.78, 5) is 26.4. The fraction of sp³-hybridized carbons (Fsp3) is 0.556. The molecule has 0 radical (unpaired) electrons. The number of amides is 2. The molecule has 3 heterocycles. The Bertz CT molecular complexity index is 1090. The Balaban J connectivity index is 1.32. The molecule has 9 heteroatoms. The van der Waals surface area contributed by atoms with Crippen molar-refractivity contribution in [1.29, 1.82) is 0 Å². The quantitative estimate of drug-likeness (QED) is 0.528. The predicted molar refractivity (Wildman–Crippen MR) is 137 cm³/mol. The van der Waals surface area contributed by atoms with Crippen LogP contribution in [0, 0.1) is 5.92 Å². The van der Waals surface area contributed by atoms with E-state index < -0.39 is 11.5 Å². The van der Waals surface area contributed by atoms with Crippen LogP contribution >= 0.6 is 0 Å². The smallest absolute Gasteiger partial charge is 0.247 e. The summed E-state index contributed by atoms with van der Waals surface area (Å²) in [5.41, 5.74) is 1.91. The van der Waals surface area contributed by atoms with Crippen molar-refractivity contribution >= 4 is 29.0 Å². The molecule has 5 rings (SSSR count). The Labute approximate surface area is 211 Å². The Morgan fingerprint density at radius 2 is 1.89 bits per heavy atom. The first-order valence-corrected chi connectivity index (χ1v) is 13.1. The molecule has 1 spiro atoms. The fourth-order valence-corrected chi connectivity index (χ4v) is 5.67. The van der Waals surface area contributed by atoms with Crippen LogP contribution in [0.3, 0.4) is 0 Å². The van der Waals surface area contributed by atoms with Crippen LogP contribution in [-0.4, -0.2) is 47.4 Å². The molecule has 192 valence electrons. The van der Waals surface area contributed by atoms with E-state index >= 15 is 0 Å². The molecule has 1 saturated heterocycles. The Kier molecular flexibility index (Phi) is 7.09. The lowest BCUT2D eigenvalue weighted by Crippen LogP contribution is -2.42. The van der Waals surface area contributed by atoms with E-state index in [1.807, 2.05) is 32.0 Å². The number of nitrogens with one attached hydrogen (secondary N) is 3. The first kappa shape index (κ1) is 24.5. The maximum absolute atomic E-state index is 13.5. The van der Waals surface area contributed by atoms with Gasteiger partial charge in [-0.05, 0) is 69.2 Å². The van der Waals surface area contributed by atoms with E-state index in [9.17, 15) is 9.59 Å². The van der Waals surface area contributed by atoms with Crippen LogP contribution in [-0.2, 0) is 19.7 Å². The maximum Gasteiger partial charge on any atom is 0.247 e. The lowest BCUT2D eigenvalue weighted by atomic mass is 9.75. The number of fused-ring (bicyclic) bond motifs is 2. The second-order valence-corrected chi connectivity index (χ2v) is 10.3. The van der Waals surface area contributed by atoms with E-state index in [1.54, 1.807) is 12.1 Å². The molecule has 2 amide bonds. The number of ether oxygens (including phenoxy) is 2. The van der Waals surface area contributed by atoms with Crippen molar-refractivity contribution in [3.8, 4) is 5.88 Å². The number of hydrogen-bond donors (Lipinski definition) is 3. The average molecular weight is 494 g/mol. The summed E-state index contributed by atoms with van der Waals surface area (Å²) >= 11 is 0. The van der Waals surface area contributed by atoms with E-state index in [4.69, 9.17) is 9.47 Å². The molecule has 1 atom stereocenters. The highest BCUT2D eigenvalue weighted by molar-refractivity contribution is 6.07. The van der Waals surface area contributed by atoms with Gasteiger partial charge >= 0.3 is 0 Å². The van der Waals surface area contributed by atoms with Crippen molar-refractivity contribution in [2.45, 2.75) is 76.4 Å². The summed E-state index contributed by atoms with van der Waals surface area (Å²) < 4.78 is 11.1. The zero-order valence-corrected chi connectivity index (χ0v) is 21.0. The van der Waals surface area contributed by atoms with Crippen molar-refractivity contribution in [2.75, 3.05) is 29.2 Å². The van der Waals surface area contributed by atoms with Gasteiger partial charge in [-0.2, -0.15) is 0 Å². The van der Waals surface area contributed by atoms with Gasteiger partial charge in [-0.15, -0.1) is 10.2 Å². The van der Waals surface area contributed by atoms with E-state index in [1.165, 1.54) is 6.42 Å². The van der Waals surface area contributed by atoms with Gasteiger partial charge in [-0.3, -0.25) is 9.59 Å². The predicted octanol–water partition coefficient (Wildman–Crippen LogP) is 4.26. The molecule has 1 unspecified atom stereocenters. The molecular weight excluding hydrogens is 458 g/mol. The summed E-state index contributed by atoms with van der Waals surface area (Å²) in [6.07, 6.45) is 6.75. The molecule has 0 bridgehead atoms. The van der Waals surface area contributed by atoms with Gasteiger partial charge < -0.3 is 25.4 Å². The number of carbonyl (C=O) groups is 2. The maximum atomic E-state index is 13.5. The first-order chi connectivity index (χ1) is 17.4. The highest BCUT2D eigenvalue weighted by Crippen LogP contribution is 2.45. The second-order valence-electron chi connectivity index (χ2n) is 10.3.